The van der Waals surface area contributed by atoms with Gasteiger partial charge in [0.15, 0.2) is 6.61 Å². The van der Waals surface area contributed by atoms with Crippen LogP contribution in [-0.2, 0) is 0 Å². The number of alkyl halides is 3. The third-order valence-electron chi connectivity index (χ3n) is 3.83. The van der Waals surface area contributed by atoms with Crippen molar-refractivity contribution >= 4 is 10.8 Å². The lowest BCUT2D eigenvalue weighted by atomic mass is 10.00. The molecular weight excluding hydrogens is 367 g/mol. The minimum atomic E-state index is -4.43. The molecule has 7 heteroatoms. The fourth-order valence-corrected chi connectivity index (χ4v) is 2.71. The molecule has 27 heavy (non-hydrogen) atoms. The number of fused-ring (bicyclic) bond motifs is 1. The summed E-state index contributed by atoms with van der Waals surface area (Å²) >= 11 is 0. The molecule has 0 fully saturated rings. The largest absolute Gasteiger partial charge is 0.494 e. The molecule has 0 N–H and O–H groups in total. The van der Waals surface area contributed by atoms with Crippen LogP contribution in [0.15, 0.2) is 48.5 Å². The van der Waals surface area contributed by atoms with Crippen molar-refractivity contribution in [3.05, 3.63) is 60.2 Å². The van der Waals surface area contributed by atoms with Crippen molar-refractivity contribution in [2.75, 3.05) is 13.2 Å². The van der Waals surface area contributed by atoms with Gasteiger partial charge in [0.1, 0.15) is 23.1 Å². The normalized spacial score (nSPS) is 11.6. The molecule has 3 aromatic rings. The Balaban J connectivity index is 1.93. The Kier molecular flexibility index (Phi) is 5.21. The van der Waals surface area contributed by atoms with Crippen molar-refractivity contribution < 1.29 is 31.4 Å². The van der Waals surface area contributed by atoms with Gasteiger partial charge in [0, 0.05) is 12.1 Å². The zero-order chi connectivity index (χ0) is 19.6. The predicted molar refractivity (Wildman–Crippen MR) is 92.0 cm³/mol. The van der Waals surface area contributed by atoms with E-state index in [2.05, 4.69) is 0 Å². The zero-order valence-corrected chi connectivity index (χ0v) is 14.2. The van der Waals surface area contributed by atoms with Gasteiger partial charge in [0.05, 0.1) is 12.2 Å². The predicted octanol–water partition coefficient (Wildman–Crippen LogP) is 6.12. The van der Waals surface area contributed by atoms with Gasteiger partial charge in [0.2, 0.25) is 0 Å². The minimum Gasteiger partial charge on any atom is -0.494 e. The summed E-state index contributed by atoms with van der Waals surface area (Å²) in [5.74, 6) is -1.36. The molecule has 0 bridgehead atoms. The molecule has 0 saturated carbocycles. The van der Waals surface area contributed by atoms with Gasteiger partial charge in [-0.15, -0.1) is 0 Å². The highest BCUT2D eigenvalue weighted by molar-refractivity contribution is 5.88. The van der Waals surface area contributed by atoms with E-state index in [1.165, 1.54) is 24.3 Å². The minimum absolute atomic E-state index is 0.0611. The van der Waals surface area contributed by atoms with Crippen LogP contribution >= 0.6 is 0 Å². The monoisotopic (exact) mass is 382 g/mol. The zero-order valence-electron chi connectivity index (χ0n) is 14.2. The Bertz CT molecular complexity index is 943. The van der Waals surface area contributed by atoms with Crippen LogP contribution in [0.1, 0.15) is 6.92 Å². The molecule has 0 aliphatic heterocycles. The van der Waals surface area contributed by atoms with Crippen molar-refractivity contribution in [2.24, 2.45) is 0 Å². The first-order chi connectivity index (χ1) is 12.8. The lowest BCUT2D eigenvalue weighted by Gasteiger charge is -2.11. The molecule has 3 rings (SSSR count). The van der Waals surface area contributed by atoms with Crippen LogP contribution in [0, 0.1) is 11.6 Å². The molecule has 2 nitrogen and oxygen atoms in total. The van der Waals surface area contributed by atoms with Gasteiger partial charge in [-0.2, -0.15) is 13.2 Å². The van der Waals surface area contributed by atoms with Gasteiger partial charge in [-0.05, 0) is 41.5 Å². The van der Waals surface area contributed by atoms with Gasteiger partial charge < -0.3 is 9.47 Å². The van der Waals surface area contributed by atoms with Gasteiger partial charge in [-0.1, -0.05) is 18.2 Å². The van der Waals surface area contributed by atoms with E-state index in [1.54, 1.807) is 19.1 Å². The number of hydrogen-bond acceptors (Lipinski definition) is 2. The number of ether oxygens (including phenoxy) is 2. The quantitative estimate of drug-likeness (QED) is 0.495. The molecule has 0 aliphatic rings. The molecule has 0 radical (unpaired) electrons. The molecule has 0 heterocycles. The molecule has 0 amide bonds. The van der Waals surface area contributed by atoms with Gasteiger partial charge in [-0.3, -0.25) is 0 Å². The maximum Gasteiger partial charge on any atom is 0.422 e. The molecular formula is C20H15F5O2. The maximum atomic E-state index is 14.3. The van der Waals surface area contributed by atoms with E-state index >= 15 is 0 Å². The SMILES string of the molecule is CCOc1cc(F)c(-c2ccc3cc(OCC(F)(F)F)ccc3c2)c(F)c1. The van der Waals surface area contributed by atoms with Crippen molar-refractivity contribution in [2.45, 2.75) is 13.1 Å². The lowest BCUT2D eigenvalue weighted by Crippen LogP contribution is -2.19. The van der Waals surface area contributed by atoms with E-state index < -0.39 is 24.4 Å². The summed E-state index contributed by atoms with van der Waals surface area (Å²) in [5, 5.41) is 1.20. The summed E-state index contributed by atoms with van der Waals surface area (Å²) in [4.78, 5) is 0. The number of hydrogen-bond donors (Lipinski definition) is 0. The smallest absolute Gasteiger partial charge is 0.422 e. The van der Waals surface area contributed by atoms with E-state index in [1.807, 2.05) is 0 Å². The summed E-state index contributed by atoms with van der Waals surface area (Å²) in [7, 11) is 0. The van der Waals surface area contributed by atoms with E-state index in [0.29, 0.717) is 16.3 Å². The molecule has 0 atom stereocenters. The van der Waals surface area contributed by atoms with Crippen LogP contribution in [0.5, 0.6) is 11.5 Å². The fraction of sp³-hybridized carbons (Fsp3) is 0.200. The highest BCUT2D eigenvalue weighted by Crippen LogP contribution is 2.33. The Morgan fingerprint density at radius 1 is 0.778 bits per heavy atom. The molecule has 0 aromatic heterocycles. The van der Waals surface area contributed by atoms with Gasteiger partial charge >= 0.3 is 6.18 Å². The van der Waals surface area contributed by atoms with Crippen LogP contribution in [0.25, 0.3) is 21.9 Å². The molecule has 0 saturated heterocycles. The van der Waals surface area contributed by atoms with E-state index in [9.17, 15) is 22.0 Å². The third kappa shape index (κ3) is 4.48. The topological polar surface area (TPSA) is 18.5 Å². The van der Waals surface area contributed by atoms with Gasteiger partial charge in [0.25, 0.3) is 0 Å². The first-order valence-electron chi connectivity index (χ1n) is 8.12. The van der Waals surface area contributed by atoms with Crippen molar-refractivity contribution in [3.63, 3.8) is 0 Å². The molecule has 0 aliphatic carbocycles. The van der Waals surface area contributed by atoms with Crippen molar-refractivity contribution in [3.8, 4) is 22.6 Å². The number of halogens is 5. The average molecular weight is 382 g/mol. The second-order valence-electron chi connectivity index (χ2n) is 5.82. The highest BCUT2D eigenvalue weighted by Gasteiger charge is 2.28. The van der Waals surface area contributed by atoms with Crippen molar-refractivity contribution in [1.29, 1.82) is 0 Å². The van der Waals surface area contributed by atoms with E-state index in [-0.39, 0.29) is 23.7 Å². The number of benzene rings is 3. The molecule has 0 unspecified atom stereocenters. The summed E-state index contributed by atoms with van der Waals surface area (Å²) in [6.07, 6.45) is -4.43. The maximum absolute atomic E-state index is 14.3. The summed E-state index contributed by atoms with van der Waals surface area (Å²) in [5.41, 5.74) is 0.113. The lowest BCUT2D eigenvalue weighted by molar-refractivity contribution is -0.153. The van der Waals surface area contributed by atoms with Crippen LogP contribution in [-0.4, -0.2) is 19.4 Å². The van der Waals surface area contributed by atoms with Gasteiger partial charge in [-0.25, -0.2) is 8.78 Å². The Hall–Kier alpha value is -2.83. The third-order valence-corrected chi connectivity index (χ3v) is 3.83. The summed E-state index contributed by atoms with van der Waals surface area (Å²) in [6.45, 7) is 0.603. The van der Waals surface area contributed by atoms with E-state index in [4.69, 9.17) is 9.47 Å². The highest BCUT2D eigenvalue weighted by atomic mass is 19.4. The van der Waals surface area contributed by atoms with Crippen LogP contribution in [0.4, 0.5) is 22.0 Å². The average Bonchev–Trinajstić information content (AvgIpc) is 2.59. The second kappa shape index (κ2) is 7.42. The van der Waals surface area contributed by atoms with Crippen LogP contribution < -0.4 is 9.47 Å². The van der Waals surface area contributed by atoms with Crippen molar-refractivity contribution in [1.82, 2.24) is 0 Å². The Morgan fingerprint density at radius 2 is 1.41 bits per heavy atom. The van der Waals surface area contributed by atoms with Crippen LogP contribution in [0.3, 0.4) is 0 Å². The first kappa shape index (κ1) is 18.9. The first-order valence-corrected chi connectivity index (χ1v) is 8.12. The standard InChI is InChI=1S/C20H15F5O2/c1-2-26-16-9-17(21)19(18(22)10-16)14-4-3-13-8-15(6-5-12(13)7-14)27-11-20(23,24)25/h3-10H,2,11H2,1H3. The Labute approximate surface area is 152 Å². The molecule has 3 aromatic carbocycles. The molecule has 142 valence electrons. The summed E-state index contributed by atoms with van der Waals surface area (Å²) in [6, 6.07) is 11.2. The second-order valence-corrected chi connectivity index (χ2v) is 5.82. The number of rotatable bonds is 5. The van der Waals surface area contributed by atoms with Crippen LogP contribution in [0.2, 0.25) is 0 Å². The Morgan fingerprint density at radius 3 is 2.04 bits per heavy atom. The summed E-state index contributed by atoms with van der Waals surface area (Å²) < 4.78 is 75.3. The van der Waals surface area contributed by atoms with E-state index in [0.717, 1.165) is 12.1 Å². The molecule has 0 spiro atoms. The fourth-order valence-electron chi connectivity index (χ4n) is 2.71.